The number of piperazine rings is 1. The lowest BCUT2D eigenvalue weighted by molar-refractivity contribution is 0.275. The molecular weight excluding hydrogens is 436 g/mol. The topological polar surface area (TPSA) is 92.5 Å². The van der Waals surface area contributed by atoms with E-state index in [1.807, 2.05) is 30.3 Å². The van der Waals surface area contributed by atoms with Gasteiger partial charge in [0.1, 0.15) is 11.5 Å². The molecule has 174 valence electrons. The second-order valence-electron chi connectivity index (χ2n) is 9.53. The zero-order valence-electron chi connectivity index (χ0n) is 19.7. The smallest absolute Gasteiger partial charge is 0.159 e. The Bertz CT molecular complexity index is 1660. The summed E-state index contributed by atoms with van der Waals surface area (Å²) in [5.41, 5.74) is 7.96. The summed E-state index contributed by atoms with van der Waals surface area (Å²) in [4.78, 5) is 21.4. The lowest BCUT2D eigenvalue weighted by Crippen LogP contribution is -2.50. The minimum absolute atomic E-state index is 0.473. The van der Waals surface area contributed by atoms with Gasteiger partial charge < -0.3 is 19.8 Å². The highest BCUT2D eigenvalue weighted by atomic mass is 15.3. The Balaban J connectivity index is 1.27. The van der Waals surface area contributed by atoms with Crippen LogP contribution in [0.15, 0.2) is 60.7 Å². The van der Waals surface area contributed by atoms with Crippen LogP contribution >= 0.6 is 0 Å². The molecule has 0 bridgehead atoms. The normalized spacial score (nSPS) is 17.2. The number of nitrogens with one attached hydrogen (secondary N) is 3. The molecule has 1 saturated heterocycles. The van der Waals surface area contributed by atoms with Gasteiger partial charge in [0, 0.05) is 42.3 Å². The number of imidazole rings is 2. The molecular formula is C27H26N8. The fourth-order valence-electron chi connectivity index (χ4n) is 5.24. The van der Waals surface area contributed by atoms with E-state index in [0.29, 0.717) is 6.04 Å². The van der Waals surface area contributed by atoms with Gasteiger partial charge in [0.15, 0.2) is 5.82 Å². The van der Waals surface area contributed by atoms with Crippen molar-refractivity contribution < 1.29 is 0 Å². The lowest BCUT2D eigenvalue weighted by atomic mass is 10.1. The molecule has 35 heavy (non-hydrogen) atoms. The van der Waals surface area contributed by atoms with Crippen LogP contribution in [0.25, 0.3) is 55.9 Å². The summed E-state index contributed by atoms with van der Waals surface area (Å²) in [6.07, 6.45) is 0. The third kappa shape index (κ3) is 3.37. The Morgan fingerprint density at radius 1 is 0.829 bits per heavy atom. The van der Waals surface area contributed by atoms with Gasteiger partial charge in [-0.3, -0.25) is 5.10 Å². The van der Waals surface area contributed by atoms with E-state index >= 15 is 0 Å². The zero-order chi connectivity index (χ0) is 23.5. The molecule has 0 radical (unpaired) electrons. The third-order valence-electron chi connectivity index (χ3n) is 7.08. The van der Waals surface area contributed by atoms with Gasteiger partial charge in [-0.05, 0) is 62.5 Å². The molecule has 1 unspecified atom stereocenters. The Kier molecular flexibility index (Phi) is 4.44. The molecule has 1 aliphatic heterocycles. The molecule has 0 saturated carbocycles. The van der Waals surface area contributed by atoms with Crippen molar-refractivity contribution >= 4 is 38.7 Å². The van der Waals surface area contributed by atoms with Crippen LogP contribution in [0.5, 0.6) is 0 Å². The minimum atomic E-state index is 0.473. The minimum Gasteiger partial charge on any atom is -0.366 e. The molecule has 0 amide bonds. The Morgan fingerprint density at radius 3 is 2.54 bits per heavy atom. The van der Waals surface area contributed by atoms with Crippen molar-refractivity contribution in [3.8, 4) is 22.9 Å². The number of aromatic nitrogens is 6. The maximum atomic E-state index is 4.87. The first-order valence-electron chi connectivity index (χ1n) is 12.0. The van der Waals surface area contributed by atoms with Crippen LogP contribution < -0.4 is 4.90 Å². The van der Waals surface area contributed by atoms with Gasteiger partial charge in [-0.15, -0.1) is 0 Å². The summed E-state index contributed by atoms with van der Waals surface area (Å²) in [5.74, 6) is 1.60. The molecule has 1 atom stereocenters. The second-order valence-corrected chi connectivity index (χ2v) is 9.53. The molecule has 1 aliphatic rings. The van der Waals surface area contributed by atoms with E-state index in [0.717, 1.165) is 75.5 Å². The summed E-state index contributed by atoms with van der Waals surface area (Å²) >= 11 is 0. The number of nitrogens with zero attached hydrogens (tertiary/aromatic N) is 5. The monoisotopic (exact) mass is 462 g/mol. The van der Waals surface area contributed by atoms with Crippen molar-refractivity contribution in [1.29, 1.82) is 0 Å². The van der Waals surface area contributed by atoms with E-state index < -0.39 is 0 Å². The Morgan fingerprint density at radius 2 is 1.66 bits per heavy atom. The van der Waals surface area contributed by atoms with Crippen molar-refractivity contribution in [3.05, 3.63) is 60.7 Å². The number of hydrogen-bond donors (Lipinski definition) is 3. The predicted octanol–water partition coefficient (Wildman–Crippen LogP) is 4.79. The first-order chi connectivity index (χ1) is 17.1. The molecule has 8 heteroatoms. The number of para-hydroxylation sites is 2. The van der Waals surface area contributed by atoms with Gasteiger partial charge in [0.2, 0.25) is 0 Å². The predicted molar refractivity (Wildman–Crippen MR) is 141 cm³/mol. The quantitative estimate of drug-likeness (QED) is 0.352. The van der Waals surface area contributed by atoms with E-state index in [-0.39, 0.29) is 0 Å². The number of fused-ring (bicyclic) bond motifs is 3. The van der Waals surface area contributed by atoms with E-state index in [9.17, 15) is 0 Å². The highest BCUT2D eigenvalue weighted by molar-refractivity contribution is 5.96. The van der Waals surface area contributed by atoms with Crippen LogP contribution in [0, 0.1) is 0 Å². The molecule has 1 fully saturated rings. The average molecular weight is 463 g/mol. The first kappa shape index (κ1) is 20.2. The van der Waals surface area contributed by atoms with Gasteiger partial charge in [0.25, 0.3) is 0 Å². The third-order valence-corrected chi connectivity index (χ3v) is 7.08. The standard InChI is InChI=1S/C27H26N8/c1-16-15-34(2)11-12-35(16)18-8-10-23-24(14-18)31-27(30-23)25-19-13-17(7-9-20(19)32-33-25)26-28-21-5-3-4-6-22(21)29-26/h3-10,13-14,16H,11-12,15H2,1-2H3,(H,28,29)(H,30,31)(H,32,33). The SMILES string of the molecule is CC1CN(C)CCN1c1ccc2nc(-c3n[nH]c4ccc(-c5nc6ccccc6[nH]5)cc34)[nH]c2c1. The number of aromatic amines is 3. The number of hydrogen-bond acceptors (Lipinski definition) is 5. The molecule has 0 aliphatic carbocycles. The average Bonchev–Trinajstić information content (AvgIpc) is 3.58. The number of benzene rings is 3. The number of likely N-dealkylation sites (N-methyl/N-ethyl adjacent to an activating group) is 1. The molecule has 8 nitrogen and oxygen atoms in total. The summed E-state index contributed by atoms with van der Waals surface area (Å²) < 4.78 is 0. The number of H-pyrrole nitrogens is 3. The molecule has 3 aromatic heterocycles. The van der Waals surface area contributed by atoms with Gasteiger partial charge >= 0.3 is 0 Å². The lowest BCUT2D eigenvalue weighted by Gasteiger charge is -2.39. The highest BCUT2D eigenvalue weighted by Crippen LogP contribution is 2.31. The Hall–Kier alpha value is -4.17. The highest BCUT2D eigenvalue weighted by Gasteiger charge is 2.22. The van der Waals surface area contributed by atoms with Crippen LogP contribution in [0.4, 0.5) is 5.69 Å². The van der Waals surface area contributed by atoms with Gasteiger partial charge in [-0.25, -0.2) is 9.97 Å². The summed E-state index contributed by atoms with van der Waals surface area (Å²) in [6, 6.07) is 21.3. The van der Waals surface area contributed by atoms with Crippen molar-refractivity contribution in [2.45, 2.75) is 13.0 Å². The molecule has 3 N–H and O–H groups in total. The zero-order valence-corrected chi connectivity index (χ0v) is 19.7. The van der Waals surface area contributed by atoms with E-state index in [1.165, 1.54) is 5.69 Å². The first-order valence-corrected chi connectivity index (χ1v) is 12.0. The maximum absolute atomic E-state index is 4.87. The Labute approximate surface area is 202 Å². The van der Waals surface area contributed by atoms with E-state index in [1.54, 1.807) is 0 Å². The van der Waals surface area contributed by atoms with Crippen molar-refractivity contribution in [1.82, 2.24) is 35.0 Å². The molecule has 0 spiro atoms. The van der Waals surface area contributed by atoms with Crippen LogP contribution in [0.3, 0.4) is 0 Å². The van der Waals surface area contributed by atoms with Crippen LogP contribution in [-0.2, 0) is 0 Å². The van der Waals surface area contributed by atoms with Crippen LogP contribution in [0.1, 0.15) is 6.92 Å². The van der Waals surface area contributed by atoms with Crippen molar-refractivity contribution in [2.75, 3.05) is 31.6 Å². The van der Waals surface area contributed by atoms with Crippen LogP contribution in [0.2, 0.25) is 0 Å². The summed E-state index contributed by atoms with van der Waals surface area (Å²) in [5, 5.41) is 8.77. The largest absolute Gasteiger partial charge is 0.366 e. The molecule has 3 aromatic carbocycles. The summed E-state index contributed by atoms with van der Waals surface area (Å²) in [6.45, 7) is 5.45. The van der Waals surface area contributed by atoms with Crippen molar-refractivity contribution in [3.63, 3.8) is 0 Å². The fraction of sp³-hybridized carbons (Fsp3) is 0.222. The van der Waals surface area contributed by atoms with E-state index in [4.69, 9.17) is 9.97 Å². The van der Waals surface area contributed by atoms with Gasteiger partial charge in [-0.1, -0.05) is 12.1 Å². The fourth-order valence-corrected chi connectivity index (χ4v) is 5.24. The molecule has 4 heterocycles. The van der Waals surface area contributed by atoms with Gasteiger partial charge in [-0.2, -0.15) is 5.10 Å². The van der Waals surface area contributed by atoms with Crippen molar-refractivity contribution in [2.24, 2.45) is 0 Å². The number of rotatable bonds is 3. The van der Waals surface area contributed by atoms with Crippen LogP contribution in [-0.4, -0.2) is 67.8 Å². The second kappa shape index (κ2) is 7.68. The maximum Gasteiger partial charge on any atom is 0.159 e. The number of anilines is 1. The molecule has 6 aromatic rings. The van der Waals surface area contributed by atoms with Gasteiger partial charge in [0.05, 0.1) is 27.6 Å². The summed E-state index contributed by atoms with van der Waals surface area (Å²) in [7, 11) is 2.19. The van der Waals surface area contributed by atoms with E-state index in [2.05, 4.69) is 74.3 Å². The molecule has 7 rings (SSSR count).